The predicted molar refractivity (Wildman–Crippen MR) is 121 cm³/mol. The van der Waals surface area contributed by atoms with Crippen molar-refractivity contribution in [3.63, 3.8) is 0 Å². The van der Waals surface area contributed by atoms with E-state index in [1.54, 1.807) is 24.6 Å². The number of hydrogen-bond donors (Lipinski definition) is 1. The minimum Gasteiger partial charge on any atom is -0.493 e. The molecule has 0 aliphatic carbocycles. The second-order valence-corrected chi connectivity index (χ2v) is 10.7. The summed E-state index contributed by atoms with van der Waals surface area (Å²) in [6.07, 6.45) is 1.35. The number of nitrogens with one attached hydrogen (secondary N) is 1. The molecule has 1 aromatic carbocycles. The number of amides is 1. The maximum absolute atomic E-state index is 12.7. The number of thiophene rings is 1. The molecule has 1 N–H and O–H groups in total. The number of rotatable bonds is 9. The third-order valence-electron chi connectivity index (χ3n) is 5.70. The Bertz CT molecular complexity index is 968. The van der Waals surface area contributed by atoms with E-state index < -0.39 is 10.0 Å². The van der Waals surface area contributed by atoms with Crippen molar-refractivity contribution in [2.75, 3.05) is 26.8 Å². The zero-order valence-corrected chi connectivity index (χ0v) is 19.8. The summed E-state index contributed by atoms with van der Waals surface area (Å²) in [5.74, 6) is 1.27. The standard InChI is InChI=1S/C22H30N2O5S2/c1-4-29-19-8-7-17(14-20(19)28-3)15-23-22(25)16(2)18-9-11-24(12-10-18)31(26,27)21-6-5-13-30-21/h5-8,13-14,16,18H,4,9-12,15H2,1-3H3,(H,23,25)/t16-/m1/s1. The largest absolute Gasteiger partial charge is 0.493 e. The average molecular weight is 467 g/mol. The van der Waals surface area contributed by atoms with Gasteiger partial charge in [0.1, 0.15) is 4.21 Å². The number of nitrogens with zero attached hydrogens (tertiary/aromatic N) is 1. The zero-order valence-electron chi connectivity index (χ0n) is 18.2. The van der Waals surface area contributed by atoms with Crippen LogP contribution < -0.4 is 14.8 Å². The minimum atomic E-state index is -3.42. The molecular formula is C22H30N2O5S2. The Balaban J connectivity index is 1.52. The third-order valence-corrected chi connectivity index (χ3v) is 8.97. The minimum absolute atomic E-state index is 0.0209. The number of methoxy groups -OCH3 is 1. The van der Waals surface area contributed by atoms with Gasteiger partial charge in [0, 0.05) is 25.6 Å². The first-order chi connectivity index (χ1) is 14.9. The maximum atomic E-state index is 12.7. The quantitative estimate of drug-likeness (QED) is 0.611. The molecule has 9 heteroatoms. The van der Waals surface area contributed by atoms with E-state index in [1.165, 1.54) is 15.6 Å². The molecule has 1 aliphatic heterocycles. The highest BCUT2D eigenvalue weighted by Gasteiger charge is 2.33. The summed E-state index contributed by atoms with van der Waals surface area (Å²) in [7, 11) is -1.83. The van der Waals surface area contributed by atoms with Gasteiger partial charge in [-0.25, -0.2) is 8.42 Å². The van der Waals surface area contributed by atoms with E-state index in [1.807, 2.05) is 32.0 Å². The topological polar surface area (TPSA) is 84.9 Å². The van der Waals surface area contributed by atoms with Crippen LogP contribution in [0.4, 0.5) is 0 Å². The fourth-order valence-electron chi connectivity index (χ4n) is 3.81. The van der Waals surface area contributed by atoms with Crippen LogP contribution in [0.2, 0.25) is 0 Å². The molecule has 1 atom stereocenters. The SMILES string of the molecule is CCOc1ccc(CNC(=O)[C@H](C)C2CCN(S(=O)(=O)c3cccs3)CC2)cc1OC. The van der Waals surface area contributed by atoms with Gasteiger partial charge in [-0.2, -0.15) is 4.31 Å². The Kier molecular flexibility index (Phi) is 7.96. The zero-order chi connectivity index (χ0) is 22.4. The molecule has 2 heterocycles. The normalized spacial score (nSPS) is 16.6. The van der Waals surface area contributed by atoms with Crippen LogP contribution >= 0.6 is 11.3 Å². The van der Waals surface area contributed by atoms with E-state index >= 15 is 0 Å². The van der Waals surface area contributed by atoms with Crippen molar-refractivity contribution in [2.45, 2.75) is 37.4 Å². The fourth-order valence-corrected chi connectivity index (χ4v) is 6.43. The van der Waals surface area contributed by atoms with Crippen molar-refractivity contribution in [2.24, 2.45) is 11.8 Å². The highest BCUT2D eigenvalue weighted by Crippen LogP contribution is 2.30. The first-order valence-electron chi connectivity index (χ1n) is 10.5. The molecule has 0 unspecified atom stereocenters. The summed E-state index contributed by atoms with van der Waals surface area (Å²) in [6.45, 7) is 5.67. The molecule has 1 fully saturated rings. The Hall–Kier alpha value is -2.10. The van der Waals surface area contributed by atoms with E-state index in [0.717, 1.165) is 5.56 Å². The van der Waals surface area contributed by atoms with Gasteiger partial charge in [-0.05, 0) is 54.8 Å². The monoisotopic (exact) mass is 466 g/mol. The van der Waals surface area contributed by atoms with Crippen LogP contribution in [-0.2, 0) is 21.4 Å². The summed E-state index contributed by atoms with van der Waals surface area (Å²) in [4.78, 5) is 12.7. The smallest absolute Gasteiger partial charge is 0.252 e. The summed E-state index contributed by atoms with van der Waals surface area (Å²) in [5, 5.41) is 4.77. The van der Waals surface area contributed by atoms with Gasteiger partial charge in [-0.3, -0.25) is 4.79 Å². The number of sulfonamides is 1. The van der Waals surface area contributed by atoms with Gasteiger partial charge >= 0.3 is 0 Å². The first-order valence-corrected chi connectivity index (χ1v) is 12.8. The van der Waals surface area contributed by atoms with Gasteiger partial charge in [-0.15, -0.1) is 11.3 Å². The van der Waals surface area contributed by atoms with Crippen LogP contribution in [0.25, 0.3) is 0 Å². The number of benzene rings is 1. The summed E-state index contributed by atoms with van der Waals surface area (Å²) >= 11 is 1.24. The molecule has 0 bridgehead atoms. The van der Waals surface area contributed by atoms with E-state index in [0.29, 0.717) is 54.8 Å². The van der Waals surface area contributed by atoms with Crippen LogP contribution in [0, 0.1) is 11.8 Å². The highest BCUT2D eigenvalue weighted by atomic mass is 32.2. The molecule has 170 valence electrons. The number of hydrogen-bond acceptors (Lipinski definition) is 6. The molecule has 0 radical (unpaired) electrons. The average Bonchev–Trinajstić information content (AvgIpc) is 3.34. The van der Waals surface area contributed by atoms with E-state index in [2.05, 4.69) is 5.32 Å². The van der Waals surface area contributed by atoms with Crippen LogP contribution in [0.1, 0.15) is 32.3 Å². The summed E-state index contributed by atoms with van der Waals surface area (Å²) < 4.78 is 38.1. The van der Waals surface area contributed by atoms with Crippen molar-refractivity contribution in [3.05, 3.63) is 41.3 Å². The van der Waals surface area contributed by atoms with Crippen molar-refractivity contribution in [3.8, 4) is 11.5 Å². The summed E-state index contributed by atoms with van der Waals surface area (Å²) in [6, 6.07) is 9.00. The predicted octanol–water partition coefficient (Wildman–Crippen LogP) is 3.51. The van der Waals surface area contributed by atoms with Gasteiger partial charge in [0.15, 0.2) is 11.5 Å². The maximum Gasteiger partial charge on any atom is 0.252 e. The fraction of sp³-hybridized carbons (Fsp3) is 0.500. The lowest BCUT2D eigenvalue weighted by molar-refractivity contribution is -0.126. The molecule has 1 saturated heterocycles. The van der Waals surface area contributed by atoms with Gasteiger partial charge < -0.3 is 14.8 Å². The second-order valence-electron chi connectivity index (χ2n) is 7.60. The highest BCUT2D eigenvalue weighted by molar-refractivity contribution is 7.91. The number of carbonyl (C=O) groups is 1. The molecular weight excluding hydrogens is 436 g/mol. The summed E-state index contributed by atoms with van der Waals surface area (Å²) in [5.41, 5.74) is 0.928. The molecule has 7 nitrogen and oxygen atoms in total. The molecule has 1 aliphatic rings. The van der Waals surface area contributed by atoms with Gasteiger partial charge in [-0.1, -0.05) is 19.1 Å². The lowest BCUT2D eigenvalue weighted by Crippen LogP contribution is -2.42. The first kappa shape index (κ1) is 23.6. The second kappa shape index (κ2) is 10.5. The Morgan fingerprint density at radius 3 is 2.61 bits per heavy atom. The van der Waals surface area contributed by atoms with Crippen LogP contribution in [0.5, 0.6) is 11.5 Å². The van der Waals surface area contributed by atoms with Gasteiger partial charge in [0.05, 0.1) is 13.7 Å². The Labute approximate surface area is 188 Å². The molecule has 0 spiro atoms. The lowest BCUT2D eigenvalue weighted by atomic mass is 9.85. The lowest BCUT2D eigenvalue weighted by Gasteiger charge is -2.33. The van der Waals surface area contributed by atoms with Crippen molar-refractivity contribution < 1.29 is 22.7 Å². The van der Waals surface area contributed by atoms with Crippen LogP contribution in [0.15, 0.2) is 39.9 Å². The molecule has 0 saturated carbocycles. The molecule has 3 rings (SSSR count). The Morgan fingerprint density at radius 1 is 1.26 bits per heavy atom. The van der Waals surface area contributed by atoms with Gasteiger partial charge in [0.25, 0.3) is 10.0 Å². The van der Waals surface area contributed by atoms with Crippen LogP contribution in [0.3, 0.4) is 0 Å². The number of piperidine rings is 1. The number of ether oxygens (including phenoxy) is 2. The van der Waals surface area contributed by atoms with E-state index in [4.69, 9.17) is 9.47 Å². The van der Waals surface area contributed by atoms with Crippen molar-refractivity contribution in [1.29, 1.82) is 0 Å². The van der Waals surface area contributed by atoms with Crippen LogP contribution in [-0.4, -0.2) is 45.4 Å². The van der Waals surface area contributed by atoms with E-state index in [-0.39, 0.29) is 17.7 Å². The van der Waals surface area contributed by atoms with Crippen molar-refractivity contribution >= 4 is 27.3 Å². The third kappa shape index (κ3) is 5.58. The molecule has 31 heavy (non-hydrogen) atoms. The Morgan fingerprint density at radius 2 is 2.00 bits per heavy atom. The molecule has 1 amide bonds. The van der Waals surface area contributed by atoms with E-state index in [9.17, 15) is 13.2 Å². The molecule has 2 aromatic rings. The number of carbonyl (C=O) groups excluding carboxylic acids is 1. The molecule has 1 aromatic heterocycles. The van der Waals surface area contributed by atoms with Gasteiger partial charge in [0.2, 0.25) is 5.91 Å². The van der Waals surface area contributed by atoms with Crippen molar-refractivity contribution in [1.82, 2.24) is 9.62 Å².